The molecule has 2 aromatic carbocycles. The Bertz CT molecular complexity index is 749. The quantitative estimate of drug-likeness (QED) is 0.616. The smallest absolute Gasteiger partial charge is 0.417 e. The molecule has 0 aliphatic heterocycles. The summed E-state index contributed by atoms with van der Waals surface area (Å²) in [5.41, 5.74) is -1.11. The fourth-order valence-electron chi connectivity index (χ4n) is 1.91. The van der Waals surface area contributed by atoms with Crippen LogP contribution >= 0.6 is 0 Å². The Morgan fingerprint density at radius 1 is 1.04 bits per heavy atom. The molecule has 0 spiro atoms. The molecule has 2 rings (SSSR count). The topological polar surface area (TPSA) is 59.3 Å². The third-order valence-corrected chi connectivity index (χ3v) is 3.02. The highest BCUT2D eigenvalue weighted by molar-refractivity contribution is 5.91. The van der Waals surface area contributed by atoms with E-state index in [-0.39, 0.29) is 13.2 Å². The number of hydrogen-bond acceptors (Lipinski definition) is 4. The summed E-state index contributed by atoms with van der Waals surface area (Å²) < 4.78 is 48.6. The van der Waals surface area contributed by atoms with Crippen molar-refractivity contribution in [3.8, 4) is 11.8 Å². The molecule has 7 heteroatoms. The number of alkyl halides is 3. The van der Waals surface area contributed by atoms with Gasteiger partial charge in [-0.25, -0.2) is 4.79 Å². The van der Waals surface area contributed by atoms with Crippen molar-refractivity contribution in [2.75, 3.05) is 13.2 Å². The zero-order valence-corrected chi connectivity index (χ0v) is 12.3. The summed E-state index contributed by atoms with van der Waals surface area (Å²) in [5.74, 6) is -0.605. The summed E-state index contributed by atoms with van der Waals surface area (Å²) in [6, 6.07) is 12.6. The first-order valence-corrected chi connectivity index (χ1v) is 6.88. The first-order chi connectivity index (χ1) is 11.4. The minimum absolute atomic E-state index is 0.0220. The van der Waals surface area contributed by atoms with Gasteiger partial charge in [-0.2, -0.15) is 18.4 Å². The van der Waals surface area contributed by atoms with Crippen LogP contribution in [0.3, 0.4) is 0 Å². The monoisotopic (exact) mass is 335 g/mol. The second-order valence-corrected chi connectivity index (χ2v) is 4.66. The zero-order valence-electron chi connectivity index (χ0n) is 12.3. The molecule has 24 heavy (non-hydrogen) atoms. The summed E-state index contributed by atoms with van der Waals surface area (Å²) >= 11 is 0. The van der Waals surface area contributed by atoms with E-state index in [0.717, 1.165) is 12.1 Å². The number of rotatable bonds is 5. The molecule has 2 aromatic rings. The lowest BCUT2D eigenvalue weighted by Gasteiger charge is -2.12. The van der Waals surface area contributed by atoms with Gasteiger partial charge in [0.05, 0.1) is 22.8 Å². The van der Waals surface area contributed by atoms with Crippen LogP contribution in [-0.4, -0.2) is 19.2 Å². The highest BCUT2D eigenvalue weighted by Gasteiger charge is 2.35. The van der Waals surface area contributed by atoms with E-state index in [1.54, 1.807) is 24.3 Å². The van der Waals surface area contributed by atoms with Crippen LogP contribution in [0.1, 0.15) is 21.5 Å². The van der Waals surface area contributed by atoms with E-state index in [1.807, 2.05) is 6.07 Å². The van der Waals surface area contributed by atoms with Crippen LogP contribution in [-0.2, 0) is 10.9 Å². The van der Waals surface area contributed by atoms with E-state index < -0.39 is 23.3 Å². The second kappa shape index (κ2) is 7.51. The van der Waals surface area contributed by atoms with E-state index in [1.165, 1.54) is 12.1 Å². The first kappa shape index (κ1) is 17.3. The molecular weight excluding hydrogens is 323 g/mol. The Balaban J connectivity index is 1.89. The summed E-state index contributed by atoms with van der Waals surface area (Å²) in [5, 5.41) is 8.66. The fraction of sp³-hybridized carbons (Fsp3) is 0.176. The van der Waals surface area contributed by atoms with Crippen LogP contribution in [0.4, 0.5) is 13.2 Å². The molecule has 0 N–H and O–H groups in total. The van der Waals surface area contributed by atoms with Gasteiger partial charge in [0.15, 0.2) is 0 Å². The molecule has 0 bridgehead atoms. The molecule has 0 saturated carbocycles. The van der Waals surface area contributed by atoms with E-state index in [4.69, 9.17) is 14.7 Å². The fourth-order valence-corrected chi connectivity index (χ4v) is 1.91. The SMILES string of the molecule is N#Cc1ccc(OCCOC(=O)c2ccccc2C(F)(F)F)cc1. The number of halogens is 3. The van der Waals surface area contributed by atoms with Gasteiger partial charge in [0, 0.05) is 0 Å². The average Bonchev–Trinajstić information content (AvgIpc) is 2.58. The number of ether oxygens (including phenoxy) is 2. The van der Waals surface area contributed by atoms with Crippen LogP contribution in [0.5, 0.6) is 5.75 Å². The van der Waals surface area contributed by atoms with Gasteiger partial charge >= 0.3 is 12.1 Å². The van der Waals surface area contributed by atoms with Crippen molar-refractivity contribution in [1.82, 2.24) is 0 Å². The number of benzene rings is 2. The second-order valence-electron chi connectivity index (χ2n) is 4.66. The predicted octanol–water partition coefficient (Wildman–Crippen LogP) is 3.81. The highest BCUT2D eigenvalue weighted by Crippen LogP contribution is 2.32. The lowest BCUT2D eigenvalue weighted by atomic mass is 10.1. The first-order valence-electron chi connectivity index (χ1n) is 6.88. The Morgan fingerprint density at radius 3 is 2.33 bits per heavy atom. The van der Waals surface area contributed by atoms with Crippen LogP contribution in [0.25, 0.3) is 0 Å². The van der Waals surface area contributed by atoms with Gasteiger partial charge in [-0.1, -0.05) is 12.1 Å². The maximum absolute atomic E-state index is 12.8. The summed E-state index contributed by atoms with van der Waals surface area (Å²) in [6.45, 7) is -0.225. The van der Waals surface area contributed by atoms with Crippen LogP contribution in [0.15, 0.2) is 48.5 Å². The molecule has 0 atom stereocenters. The normalized spacial score (nSPS) is 10.8. The van der Waals surface area contributed by atoms with Gasteiger partial charge in [-0.15, -0.1) is 0 Å². The van der Waals surface area contributed by atoms with Gasteiger partial charge in [-0.05, 0) is 36.4 Å². The Kier molecular flexibility index (Phi) is 5.42. The Morgan fingerprint density at radius 2 is 1.71 bits per heavy atom. The summed E-state index contributed by atoms with van der Waals surface area (Å²) in [4.78, 5) is 11.8. The van der Waals surface area contributed by atoms with Crippen molar-refractivity contribution in [1.29, 1.82) is 5.26 Å². The highest BCUT2D eigenvalue weighted by atomic mass is 19.4. The van der Waals surface area contributed by atoms with Crippen LogP contribution in [0, 0.1) is 11.3 Å². The number of esters is 1. The van der Waals surface area contributed by atoms with Crippen molar-refractivity contribution in [3.63, 3.8) is 0 Å². The predicted molar refractivity (Wildman–Crippen MR) is 78.4 cm³/mol. The van der Waals surface area contributed by atoms with E-state index in [2.05, 4.69) is 0 Å². The Hall–Kier alpha value is -3.01. The number of carbonyl (C=O) groups is 1. The molecule has 0 aliphatic rings. The Labute approximate surface area is 136 Å². The van der Waals surface area contributed by atoms with Crippen molar-refractivity contribution < 1.29 is 27.4 Å². The number of nitrogens with zero attached hydrogens (tertiary/aromatic N) is 1. The number of hydrogen-bond donors (Lipinski definition) is 0. The molecule has 0 radical (unpaired) electrons. The molecule has 0 unspecified atom stereocenters. The zero-order chi connectivity index (χ0) is 17.6. The van der Waals surface area contributed by atoms with Crippen LogP contribution < -0.4 is 4.74 Å². The van der Waals surface area contributed by atoms with Crippen LogP contribution in [0.2, 0.25) is 0 Å². The van der Waals surface area contributed by atoms with Crippen molar-refractivity contribution in [2.24, 2.45) is 0 Å². The molecular formula is C17H12F3NO3. The summed E-state index contributed by atoms with van der Waals surface area (Å²) in [7, 11) is 0. The molecule has 0 saturated heterocycles. The standard InChI is InChI=1S/C17H12F3NO3/c18-17(19,20)15-4-2-1-3-14(15)16(22)24-10-9-23-13-7-5-12(11-21)6-8-13/h1-8H,9-10H2. The van der Waals surface area contributed by atoms with Crippen molar-refractivity contribution >= 4 is 5.97 Å². The maximum atomic E-state index is 12.8. The average molecular weight is 335 g/mol. The van der Waals surface area contributed by atoms with Gasteiger partial charge in [0.2, 0.25) is 0 Å². The largest absolute Gasteiger partial charge is 0.490 e. The number of nitriles is 1. The van der Waals surface area contributed by atoms with Gasteiger partial charge < -0.3 is 9.47 Å². The lowest BCUT2D eigenvalue weighted by molar-refractivity contribution is -0.138. The molecule has 0 aliphatic carbocycles. The van der Waals surface area contributed by atoms with Gasteiger partial charge in [0.25, 0.3) is 0 Å². The summed E-state index contributed by atoms with van der Waals surface area (Å²) in [6.07, 6.45) is -4.63. The van der Waals surface area contributed by atoms with Gasteiger partial charge in [0.1, 0.15) is 19.0 Å². The van der Waals surface area contributed by atoms with Gasteiger partial charge in [-0.3, -0.25) is 0 Å². The molecule has 0 heterocycles. The van der Waals surface area contributed by atoms with E-state index in [9.17, 15) is 18.0 Å². The number of carbonyl (C=O) groups excluding carboxylic acids is 1. The van der Waals surface area contributed by atoms with Crippen molar-refractivity contribution in [2.45, 2.75) is 6.18 Å². The van der Waals surface area contributed by atoms with E-state index >= 15 is 0 Å². The van der Waals surface area contributed by atoms with Crippen molar-refractivity contribution in [3.05, 3.63) is 65.2 Å². The molecule has 4 nitrogen and oxygen atoms in total. The van der Waals surface area contributed by atoms with E-state index in [0.29, 0.717) is 11.3 Å². The molecule has 0 amide bonds. The molecule has 124 valence electrons. The molecule has 0 fully saturated rings. The minimum atomic E-state index is -4.63. The lowest BCUT2D eigenvalue weighted by Crippen LogP contribution is -2.17. The maximum Gasteiger partial charge on any atom is 0.417 e. The minimum Gasteiger partial charge on any atom is -0.490 e. The molecule has 0 aromatic heterocycles. The third-order valence-electron chi connectivity index (χ3n) is 3.02. The third kappa shape index (κ3) is 4.49.